The van der Waals surface area contributed by atoms with Crippen LogP contribution in [0.3, 0.4) is 0 Å². The summed E-state index contributed by atoms with van der Waals surface area (Å²) in [5, 5.41) is 2.93. The zero-order valence-electron chi connectivity index (χ0n) is 18.5. The first-order chi connectivity index (χ1) is 15.9. The SMILES string of the molecule is COc1ccc(CNc2oc(-c3ccccc3)nc2S(=O)(=O)c2cccc(C)c2)cc1OC. The fraction of sp³-hybridized carbons (Fsp3) is 0.160. The van der Waals surface area contributed by atoms with E-state index in [0.29, 0.717) is 23.6 Å². The van der Waals surface area contributed by atoms with Crippen LogP contribution >= 0.6 is 0 Å². The minimum atomic E-state index is -3.92. The van der Waals surface area contributed by atoms with Gasteiger partial charge in [0.2, 0.25) is 26.6 Å². The van der Waals surface area contributed by atoms with Crippen molar-refractivity contribution in [3.8, 4) is 23.0 Å². The lowest BCUT2D eigenvalue weighted by molar-refractivity contribution is 0.354. The Hall–Kier alpha value is -3.78. The van der Waals surface area contributed by atoms with Crippen molar-refractivity contribution >= 4 is 15.7 Å². The fourth-order valence-corrected chi connectivity index (χ4v) is 4.75. The van der Waals surface area contributed by atoms with Gasteiger partial charge in [-0.25, -0.2) is 8.42 Å². The van der Waals surface area contributed by atoms with Gasteiger partial charge in [0.15, 0.2) is 11.5 Å². The minimum absolute atomic E-state index is 0.0742. The molecule has 0 saturated heterocycles. The second-order valence-electron chi connectivity index (χ2n) is 7.38. The van der Waals surface area contributed by atoms with Crippen molar-refractivity contribution in [1.82, 2.24) is 4.98 Å². The predicted molar refractivity (Wildman–Crippen MR) is 125 cm³/mol. The molecular formula is C25H24N2O5S. The summed E-state index contributed by atoms with van der Waals surface area (Å²) in [5.74, 6) is 1.48. The van der Waals surface area contributed by atoms with E-state index in [1.54, 1.807) is 38.5 Å². The van der Waals surface area contributed by atoms with Gasteiger partial charge in [-0.2, -0.15) is 4.98 Å². The molecular weight excluding hydrogens is 440 g/mol. The van der Waals surface area contributed by atoms with Gasteiger partial charge < -0.3 is 19.2 Å². The maximum absolute atomic E-state index is 13.4. The van der Waals surface area contributed by atoms with Crippen LogP contribution in [0.15, 0.2) is 87.1 Å². The first-order valence-electron chi connectivity index (χ1n) is 10.2. The van der Waals surface area contributed by atoms with E-state index in [2.05, 4.69) is 10.3 Å². The van der Waals surface area contributed by atoms with E-state index in [-0.39, 0.29) is 21.7 Å². The molecule has 0 saturated carbocycles. The monoisotopic (exact) mass is 464 g/mol. The summed E-state index contributed by atoms with van der Waals surface area (Å²) in [5.41, 5.74) is 2.37. The van der Waals surface area contributed by atoms with Gasteiger partial charge in [-0.1, -0.05) is 36.4 Å². The van der Waals surface area contributed by atoms with E-state index in [9.17, 15) is 8.42 Å². The molecule has 1 aromatic heterocycles. The van der Waals surface area contributed by atoms with E-state index < -0.39 is 9.84 Å². The lowest BCUT2D eigenvalue weighted by Crippen LogP contribution is -2.08. The first kappa shape index (κ1) is 22.4. The smallest absolute Gasteiger partial charge is 0.234 e. The number of benzene rings is 3. The van der Waals surface area contributed by atoms with Crippen LogP contribution in [0.5, 0.6) is 11.5 Å². The first-order valence-corrected chi connectivity index (χ1v) is 11.7. The quantitative estimate of drug-likeness (QED) is 0.387. The molecule has 0 atom stereocenters. The second kappa shape index (κ2) is 9.38. The van der Waals surface area contributed by atoms with Crippen LogP contribution in [0.4, 0.5) is 5.88 Å². The second-order valence-corrected chi connectivity index (χ2v) is 9.25. The number of anilines is 1. The van der Waals surface area contributed by atoms with Crippen molar-refractivity contribution in [2.45, 2.75) is 23.4 Å². The standard InChI is InChI=1S/C25H24N2O5S/c1-17-8-7-11-20(14-17)33(28,29)25-24(32-23(27-25)19-9-5-4-6-10-19)26-16-18-12-13-21(30-2)22(15-18)31-3/h4-15,26H,16H2,1-3H3. The van der Waals surface area contributed by atoms with Crippen LogP contribution in [0.25, 0.3) is 11.5 Å². The third kappa shape index (κ3) is 4.70. The van der Waals surface area contributed by atoms with Crippen LogP contribution in [0.1, 0.15) is 11.1 Å². The number of aryl methyl sites for hydroxylation is 1. The van der Waals surface area contributed by atoms with Crippen molar-refractivity contribution in [3.63, 3.8) is 0 Å². The number of hydrogen-bond acceptors (Lipinski definition) is 7. The van der Waals surface area contributed by atoms with Gasteiger partial charge in [-0.15, -0.1) is 0 Å². The highest BCUT2D eigenvalue weighted by Crippen LogP contribution is 2.33. The molecule has 0 aliphatic carbocycles. The Bertz CT molecular complexity index is 1360. The Morgan fingerprint density at radius 1 is 0.909 bits per heavy atom. The maximum Gasteiger partial charge on any atom is 0.234 e. The molecule has 170 valence electrons. The third-order valence-corrected chi connectivity index (χ3v) is 6.73. The zero-order valence-corrected chi connectivity index (χ0v) is 19.3. The minimum Gasteiger partial charge on any atom is -0.493 e. The normalized spacial score (nSPS) is 11.2. The number of rotatable bonds is 8. The predicted octanol–water partition coefficient (Wildman–Crippen LogP) is 5.11. The van der Waals surface area contributed by atoms with Gasteiger partial charge >= 0.3 is 0 Å². The summed E-state index contributed by atoms with van der Waals surface area (Å²) < 4.78 is 43.4. The number of sulfone groups is 1. The molecule has 1 heterocycles. The summed E-state index contributed by atoms with van der Waals surface area (Å²) in [6.07, 6.45) is 0. The number of oxazole rings is 1. The highest BCUT2D eigenvalue weighted by atomic mass is 32.2. The summed E-state index contributed by atoms with van der Waals surface area (Å²) in [6.45, 7) is 2.13. The number of nitrogens with zero attached hydrogens (tertiary/aromatic N) is 1. The molecule has 1 N–H and O–H groups in total. The number of ether oxygens (including phenoxy) is 2. The fourth-order valence-electron chi connectivity index (χ4n) is 3.37. The Balaban J connectivity index is 1.73. The molecule has 33 heavy (non-hydrogen) atoms. The molecule has 0 aliphatic heterocycles. The van der Waals surface area contributed by atoms with Gasteiger partial charge in [0.05, 0.1) is 19.1 Å². The summed E-state index contributed by atoms with van der Waals surface area (Å²) in [7, 11) is -0.792. The molecule has 0 spiro atoms. The number of nitrogens with one attached hydrogen (secondary N) is 1. The number of methoxy groups -OCH3 is 2. The Labute approximate surface area is 192 Å². The van der Waals surface area contributed by atoms with E-state index in [1.165, 1.54) is 0 Å². The van der Waals surface area contributed by atoms with Crippen LogP contribution in [-0.4, -0.2) is 27.6 Å². The Kier molecular flexibility index (Phi) is 6.37. The van der Waals surface area contributed by atoms with E-state index in [0.717, 1.165) is 11.1 Å². The van der Waals surface area contributed by atoms with Crippen LogP contribution in [-0.2, 0) is 16.4 Å². The van der Waals surface area contributed by atoms with Gasteiger partial charge in [0, 0.05) is 12.1 Å². The van der Waals surface area contributed by atoms with Crippen molar-refractivity contribution in [2.75, 3.05) is 19.5 Å². The molecule has 0 radical (unpaired) electrons. The highest BCUT2D eigenvalue weighted by Gasteiger charge is 2.28. The van der Waals surface area contributed by atoms with Crippen LogP contribution in [0.2, 0.25) is 0 Å². The largest absolute Gasteiger partial charge is 0.493 e. The van der Waals surface area contributed by atoms with Crippen molar-refractivity contribution in [3.05, 3.63) is 83.9 Å². The molecule has 0 aliphatic rings. The molecule has 0 unspecified atom stereocenters. The van der Waals surface area contributed by atoms with Crippen LogP contribution in [0, 0.1) is 6.92 Å². The summed E-state index contributed by atoms with van der Waals surface area (Å²) in [6, 6.07) is 21.3. The average Bonchev–Trinajstić information content (AvgIpc) is 3.28. The van der Waals surface area contributed by atoms with Crippen molar-refractivity contribution in [1.29, 1.82) is 0 Å². The lowest BCUT2D eigenvalue weighted by atomic mass is 10.2. The van der Waals surface area contributed by atoms with E-state index >= 15 is 0 Å². The highest BCUT2D eigenvalue weighted by molar-refractivity contribution is 7.91. The molecule has 8 heteroatoms. The summed E-state index contributed by atoms with van der Waals surface area (Å²) >= 11 is 0. The number of aromatic nitrogens is 1. The van der Waals surface area contributed by atoms with Crippen LogP contribution < -0.4 is 14.8 Å². The van der Waals surface area contributed by atoms with Gasteiger partial charge in [0.1, 0.15) is 0 Å². The molecule has 0 fully saturated rings. The maximum atomic E-state index is 13.4. The lowest BCUT2D eigenvalue weighted by Gasteiger charge is -2.10. The Morgan fingerprint density at radius 2 is 1.67 bits per heavy atom. The van der Waals surface area contributed by atoms with E-state index in [4.69, 9.17) is 13.9 Å². The molecule has 4 aromatic rings. The third-order valence-electron chi connectivity index (χ3n) is 5.07. The Morgan fingerprint density at radius 3 is 2.36 bits per heavy atom. The van der Waals surface area contributed by atoms with Crippen molar-refractivity contribution in [2.24, 2.45) is 0 Å². The zero-order chi connectivity index (χ0) is 23.4. The molecule has 0 bridgehead atoms. The molecule has 3 aromatic carbocycles. The van der Waals surface area contributed by atoms with Crippen molar-refractivity contribution < 1.29 is 22.3 Å². The average molecular weight is 465 g/mol. The van der Waals surface area contributed by atoms with Gasteiger partial charge in [0.25, 0.3) is 0 Å². The molecule has 7 nitrogen and oxygen atoms in total. The summed E-state index contributed by atoms with van der Waals surface area (Å²) in [4.78, 5) is 4.53. The van der Waals surface area contributed by atoms with Gasteiger partial charge in [-0.3, -0.25) is 0 Å². The van der Waals surface area contributed by atoms with E-state index in [1.807, 2.05) is 55.5 Å². The molecule has 0 amide bonds. The molecule has 4 rings (SSSR count). The topological polar surface area (TPSA) is 90.7 Å². The van der Waals surface area contributed by atoms with Gasteiger partial charge in [-0.05, 0) is 54.4 Å². The number of hydrogen-bond donors (Lipinski definition) is 1.